The van der Waals surface area contributed by atoms with Gasteiger partial charge in [0.1, 0.15) is 5.82 Å². The fourth-order valence-corrected chi connectivity index (χ4v) is 3.95. The number of nitrogens with zero attached hydrogens (tertiary/aromatic N) is 3. The monoisotopic (exact) mass is 412 g/mol. The molecule has 6 nitrogen and oxygen atoms in total. The molecule has 0 amide bonds. The first kappa shape index (κ1) is 19.5. The number of aromatic nitrogens is 2. The summed E-state index contributed by atoms with van der Waals surface area (Å²) in [5.41, 5.74) is 3.64. The molecule has 1 aliphatic heterocycles. The van der Waals surface area contributed by atoms with Crippen molar-refractivity contribution in [2.75, 3.05) is 31.6 Å². The third-order valence-corrected chi connectivity index (χ3v) is 5.50. The van der Waals surface area contributed by atoms with E-state index in [1.54, 1.807) is 12.3 Å². The average Bonchev–Trinajstić information content (AvgIpc) is 2.81. The summed E-state index contributed by atoms with van der Waals surface area (Å²) in [7, 11) is 0. The highest BCUT2D eigenvalue weighted by molar-refractivity contribution is 5.83. The summed E-state index contributed by atoms with van der Waals surface area (Å²) in [6, 6.07) is 23.6. The van der Waals surface area contributed by atoms with Gasteiger partial charge in [-0.15, -0.1) is 0 Å². The summed E-state index contributed by atoms with van der Waals surface area (Å²) in [6.07, 6.45) is 1.71. The molecule has 1 saturated heterocycles. The highest BCUT2D eigenvalue weighted by atomic mass is 16.5. The second-order valence-electron chi connectivity index (χ2n) is 7.64. The SMILES string of the molecule is O=c1cc(Nc2ccccc2)n(-c2ccccc2)c2cc(CN3CCOCC3)ncc12. The van der Waals surface area contributed by atoms with Gasteiger partial charge in [0.25, 0.3) is 0 Å². The van der Waals surface area contributed by atoms with E-state index in [0.29, 0.717) is 5.39 Å². The number of para-hydroxylation sites is 2. The van der Waals surface area contributed by atoms with Gasteiger partial charge in [-0.2, -0.15) is 0 Å². The predicted molar refractivity (Wildman–Crippen MR) is 123 cm³/mol. The number of hydrogen-bond acceptors (Lipinski definition) is 5. The van der Waals surface area contributed by atoms with E-state index in [2.05, 4.69) is 19.8 Å². The van der Waals surface area contributed by atoms with Crippen LogP contribution in [-0.2, 0) is 11.3 Å². The zero-order valence-corrected chi connectivity index (χ0v) is 17.2. The molecule has 3 heterocycles. The molecule has 1 aliphatic rings. The second kappa shape index (κ2) is 8.71. The van der Waals surface area contributed by atoms with Gasteiger partial charge in [-0.1, -0.05) is 36.4 Å². The third-order valence-electron chi connectivity index (χ3n) is 5.50. The van der Waals surface area contributed by atoms with E-state index in [1.807, 2.05) is 66.7 Å². The maximum absolute atomic E-state index is 13.0. The van der Waals surface area contributed by atoms with Crippen LogP contribution in [0.25, 0.3) is 16.6 Å². The molecule has 2 aromatic heterocycles. The summed E-state index contributed by atoms with van der Waals surface area (Å²) >= 11 is 0. The summed E-state index contributed by atoms with van der Waals surface area (Å²) in [5.74, 6) is 0.721. The number of morpholine rings is 1. The first-order valence-electron chi connectivity index (χ1n) is 10.5. The first-order valence-corrected chi connectivity index (χ1v) is 10.5. The Hall–Kier alpha value is -3.48. The largest absolute Gasteiger partial charge is 0.379 e. The minimum atomic E-state index is -0.0500. The molecule has 0 spiro atoms. The average molecular weight is 412 g/mol. The van der Waals surface area contributed by atoms with Crippen molar-refractivity contribution in [2.45, 2.75) is 6.54 Å². The van der Waals surface area contributed by atoms with Crippen LogP contribution in [-0.4, -0.2) is 40.8 Å². The van der Waals surface area contributed by atoms with Crippen molar-refractivity contribution < 1.29 is 4.74 Å². The number of pyridine rings is 2. The van der Waals surface area contributed by atoms with Gasteiger partial charge in [0.05, 0.1) is 29.8 Å². The number of ether oxygens (including phenoxy) is 1. The van der Waals surface area contributed by atoms with Crippen LogP contribution in [0.15, 0.2) is 83.8 Å². The Kier molecular flexibility index (Phi) is 5.48. The van der Waals surface area contributed by atoms with Crippen LogP contribution in [0, 0.1) is 0 Å². The van der Waals surface area contributed by atoms with Crippen molar-refractivity contribution in [3.8, 4) is 5.69 Å². The molecule has 1 N–H and O–H groups in total. The smallest absolute Gasteiger partial charge is 0.193 e. The van der Waals surface area contributed by atoms with E-state index in [9.17, 15) is 4.79 Å². The van der Waals surface area contributed by atoms with Crippen LogP contribution in [0.2, 0.25) is 0 Å². The van der Waals surface area contributed by atoms with Gasteiger partial charge in [-0.05, 0) is 30.3 Å². The lowest BCUT2D eigenvalue weighted by Gasteiger charge is -2.26. The molecule has 2 aromatic carbocycles. The Bertz CT molecular complexity index is 1230. The van der Waals surface area contributed by atoms with E-state index >= 15 is 0 Å². The molecule has 4 aromatic rings. The van der Waals surface area contributed by atoms with Crippen LogP contribution in [0.3, 0.4) is 0 Å². The van der Waals surface area contributed by atoms with Gasteiger partial charge in [0.2, 0.25) is 0 Å². The van der Waals surface area contributed by atoms with E-state index < -0.39 is 0 Å². The first-order chi connectivity index (χ1) is 15.3. The van der Waals surface area contributed by atoms with E-state index in [-0.39, 0.29) is 5.43 Å². The van der Waals surface area contributed by atoms with Crippen molar-refractivity contribution in [3.05, 3.63) is 94.9 Å². The Morgan fingerprint density at radius 1 is 0.935 bits per heavy atom. The molecule has 156 valence electrons. The highest BCUT2D eigenvalue weighted by Gasteiger charge is 2.15. The van der Waals surface area contributed by atoms with E-state index in [4.69, 9.17) is 4.74 Å². The lowest BCUT2D eigenvalue weighted by Crippen LogP contribution is -2.35. The Morgan fingerprint density at radius 3 is 2.39 bits per heavy atom. The zero-order chi connectivity index (χ0) is 21.0. The maximum Gasteiger partial charge on any atom is 0.193 e. The number of rotatable bonds is 5. The quantitative estimate of drug-likeness (QED) is 0.538. The lowest BCUT2D eigenvalue weighted by molar-refractivity contribution is 0.0337. The van der Waals surface area contributed by atoms with Gasteiger partial charge in [-0.3, -0.25) is 19.2 Å². The number of hydrogen-bond donors (Lipinski definition) is 1. The van der Waals surface area contributed by atoms with Crippen LogP contribution < -0.4 is 10.7 Å². The molecule has 6 heteroatoms. The molecule has 5 rings (SSSR count). The van der Waals surface area contributed by atoms with Crippen molar-refractivity contribution in [1.29, 1.82) is 0 Å². The lowest BCUT2D eigenvalue weighted by atomic mass is 10.2. The molecule has 0 unspecified atom stereocenters. The summed E-state index contributed by atoms with van der Waals surface area (Å²) in [5, 5.41) is 4.03. The van der Waals surface area contributed by atoms with Crippen molar-refractivity contribution in [3.63, 3.8) is 0 Å². The Balaban J connectivity index is 1.65. The Labute approximate surface area is 180 Å². The summed E-state index contributed by atoms with van der Waals surface area (Å²) < 4.78 is 7.55. The van der Waals surface area contributed by atoms with Crippen molar-refractivity contribution >= 4 is 22.4 Å². The number of fused-ring (bicyclic) bond motifs is 1. The molecule has 0 atom stereocenters. The minimum Gasteiger partial charge on any atom is -0.379 e. The Morgan fingerprint density at radius 2 is 1.65 bits per heavy atom. The van der Waals surface area contributed by atoms with Gasteiger partial charge >= 0.3 is 0 Å². The normalized spacial score (nSPS) is 14.6. The van der Waals surface area contributed by atoms with Crippen LogP contribution in [0.1, 0.15) is 5.69 Å². The molecule has 0 bridgehead atoms. The molecular formula is C25H24N4O2. The summed E-state index contributed by atoms with van der Waals surface area (Å²) in [6.45, 7) is 4.00. The van der Waals surface area contributed by atoms with Crippen LogP contribution in [0.5, 0.6) is 0 Å². The van der Waals surface area contributed by atoms with Gasteiger partial charge in [0, 0.05) is 43.3 Å². The predicted octanol–water partition coefficient (Wildman–Crippen LogP) is 3.96. The second-order valence-corrected chi connectivity index (χ2v) is 7.64. The minimum absolute atomic E-state index is 0.0500. The van der Waals surface area contributed by atoms with Gasteiger partial charge in [0.15, 0.2) is 5.43 Å². The number of nitrogens with one attached hydrogen (secondary N) is 1. The fraction of sp³-hybridized carbons (Fsp3) is 0.200. The molecule has 0 aliphatic carbocycles. The highest BCUT2D eigenvalue weighted by Crippen LogP contribution is 2.25. The third kappa shape index (κ3) is 4.21. The van der Waals surface area contributed by atoms with Gasteiger partial charge in [-0.25, -0.2) is 0 Å². The summed E-state index contributed by atoms with van der Waals surface area (Å²) in [4.78, 5) is 19.9. The fourth-order valence-electron chi connectivity index (χ4n) is 3.95. The topological polar surface area (TPSA) is 59.4 Å². The molecule has 1 fully saturated rings. The molecule has 0 saturated carbocycles. The van der Waals surface area contributed by atoms with Crippen molar-refractivity contribution in [2.24, 2.45) is 0 Å². The van der Waals surface area contributed by atoms with Gasteiger partial charge < -0.3 is 10.1 Å². The number of anilines is 2. The molecule has 0 radical (unpaired) electrons. The standard InChI is InChI=1S/C25H24N4O2/c30-24-16-25(27-19-7-3-1-4-8-19)29(21-9-5-2-6-10-21)23-15-20(26-17-22(23)24)18-28-11-13-31-14-12-28/h1-10,15-17,27H,11-14,18H2. The molecule has 31 heavy (non-hydrogen) atoms. The van der Waals surface area contributed by atoms with E-state index in [0.717, 1.165) is 61.3 Å². The van der Waals surface area contributed by atoms with Crippen molar-refractivity contribution in [1.82, 2.24) is 14.5 Å². The molecular weight excluding hydrogens is 388 g/mol. The number of benzene rings is 2. The van der Waals surface area contributed by atoms with Crippen LogP contribution in [0.4, 0.5) is 11.5 Å². The van der Waals surface area contributed by atoms with E-state index in [1.165, 1.54) is 0 Å². The maximum atomic E-state index is 13.0. The zero-order valence-electron chi connectivity index (χ0n) is 17.2. The van der Waals surface area contributed by atoms with Crippen LogP contribution >= 0.6 is 0 Å².